The summed E-state index contributed by atoms with van der Waals surface area (Å²) in [4.78, 5) is 23.4. The molecule has 5 heteroatoms. The number of benzene rings is 2. The van der Waals surface area contributed by atoms with Gasteiger partial charge in [-0.3, -0.25) is 4.79 Å². The van der Waals surface area contributed by atoms with Crippen molar-refractivity contribution in [3.8, 4) is 5.75 Å². The monoisotopic (exact) mass is 285 g/mol. The number of carbonyl (C=O) groups excluding carboxylic acids is 1. The lowest BCUT2D eigenvalue weighted by atomic mass is 10.0. The van der Waals surface area contributed by atoms with E-state index in [-0.39, 0.29) is 22.9 Å². The second kappa shape index (κ2) is 6.09. The van der Waals surface area contributed by atoms with E-state index < -0.39 is 5.97 Å². The molecule has 2 rings (SSSR count). The van der Waals surface area contributed by atoms with Crippen LogP contribution in [0.5, 0.6) is 5.75 Å². The molecule has 0 heterocycles. The molecule has 0 saturated carbocycles. The lowest BCUT2D eigenvalue weighted by Crippen LogP contribution is -2.16. The fraction of sp³-hybridized carbons (Fsp3) is 0.125. The van der Waals surface area contributed by atoms with Gasteiger partial charge >= 0.3 is 5.97 Å². The molecule has 3 N–H and O–H groups in total. The topological polar surface area (TPSA) is 86.6 Å². The van der Waals surface area contributed by atoms with Crippen LogP contribution in [0.25, 0.3) is 0 Å². The Bertz CT molecular complexity index is 694. The fourth-order valence-corrected chi connectivity index (χ4v) is 2.06. The van der Waals surface area contributed by atoms with Crippen LogP contribution in [0.1, 0.15) is 33.2 Å². The molecular formula is C16H15NO4. The third-order valence-corrected chi connectivity index (χ3v) is 3.12. The summed E-state index contributed by atoms with van der Waals surface area (Å²) in [5, 5.41) is 21.0. The largest absolute Gasteiger partial charge is 0.508 e. The van der Waals surface area contributed by atoms with Crippen molar-refractivity contribution in [2.24, 2.45) is 0 Å². The van der Waals surface area contributed by atoms with E-state index in [1.807, 2.05) is 19.1 Å². The second-order valence-electron chi connectivity index (χ2n) is 4.50. The van der Waals surface area contributed by atoms with Crippen LogP contribution in [0, 0.1) is 0 Å². The summed E-state index contributed by atoms with van der Waals surface area (Å²) in [6, 6.07) is 10.9. The molecule has 5 nitrogen and oxygen atoms in total. The van der Waals surface area contributed by atoms with E-state index in [0.29, 0.717) is 12.0 Å². The first-order chi connectivity index (χ1) is 10.0. The molecule has 0 atom stereocenters. The second-order valence-corrected chi connectivity index (χ2v) is 4.50. The molecule has 0 aliphatic carbocycles. The fourth-order valence-electron chi connectivity index (χ4n) is 2.06. The number of nitrogens with one attached hydrogen (secondary N) is 1. The molecule has 0 saturated heterocycles. The Kier molecular flexibility index (Phi) is 4.23. The van der Waals surface area contributed by atoms with Crippen molar-refractivity contribution in [2.75, 3.05) is 5.32 Å². The van der Waals surface area contributed by atoms with Crippen LogP contribution < -0.4 is 5.32 Å². The zero-order valence-electron chi connectivity index (χ0n) is 11.5. The van der Waals surface area contributed by atoms with E-state index in [9.17, 15) is 14.7 Å². The Balaban J connectivity index is 2.34. The van der Waals surface area contributed by atoms with Crippen molar-refractivity contribution in [2.45, 2.75) is 13.3 Å². The molecule has 0 radical (unpaired) electrons. The summed E-state index contributed by atoms with van der Waals surface area (Å²) in [7, 11) is 0. The lowest BCUT2D eigenvalue weighted by molar-refractivity contribution is 0.0697. The molecule has 0 aliphatic heterocycles. The third kappa shape index (κ3) is 3.20. The number of anilines is 1. The summed E-state index contributed by atoms with van der Waals surface area (Å²) in [5.41, 5.74) is 1.38. The first-order valence-electron chi connectivity index (χ1n) is 6.48. The van der Waals surface area contributed by atoms with Gasteiger partial charge in [0.15, 0.2) is 0 Å². The van der Waals surface area contributed by atoms with Gasteiger partial charge in [0, 0.05) is 5.56 Å². The van der Waals surface area contributed by atoms with Crippen LogP contribution >= 0.6 is 0 Å². The SMILES string of the molecule is CCc1ccccc1C(=O)Nc1ccc(O)cc1C(=O)O. The smallest absolute Gasteiger partial charge is 0.337 e. The first kappa shape index (κ1) is 14.6. The van der Waals surface area contributed by atoms with Crippen LogP contribution in [-0.4, -0.2) is 22.1 Å². The molecule has 0 spiro atoms. The number of carboxylic acid groups (broad SMARTS) is 1. The van der Waals surface area contributed by atoms with E-state index >= 15 is 0 Å². The summed E-state index contributed by atoms with van der Waals surface area (Å²) in [5.74, 6) is -1.76. The van der Waals surface area contributed by atoms with E-state index in [1.165, 1.54) is 12.1 Å². The van der Waals surface area contributed by atoms with E-state index in [0.717, 1.165) is 11.6 Å². The minimum Gasteiger partial charge on any atom is -0.508 e. The number of aromatic carboxylic acids is 1. The van der Waals surface area contributed by atoms with E-state index in [2.05, 4.69) is 5.32 Å². The molecule has 0 unspecified atom stereocenters. The zero-order chi connectivity index (χ0) is 15.4. The van der Waals surface area contributed by atoms with Gasteiger partial charge in [-0.15, -0.1) is 0 Å². The number of hydrogen-bond acceptors (Lipinski definition) is 3. The van der Waals surface area contributed by atoms with Gasteiger partial charge in [-0.05, 0) is 36.2 Å². The summed E-state index contributed by atoms with van der Waals surface area (Å²) >= 11 is 0. The third-order valence-electron chi connectivity index (χ3n) is 3.12. The predicted octanol–water partition coefficient (Wildman–Crippen LogP) is 2.91. The maximum atomic E-state index is 12.3. The average Bonchev–Trinajstić information content (AvgIpc) is 2.48. The van der Waals surface area contributed by atoms with E-state index in [1.54, 1.807) is 12.1 Å². The number of rotatable bonds is 4. The van der Waals surface area contributed by atoms with Crippen LogP contribution in [-0.2, 0) is 6.42 Å². The summed E-state index contributed by atoms with van der Waals surface area (Å²) in [6.07, 6.45) is 0.699. The molecular weight excluding hydrogens is 270 g/mol. The highest BCUT2D eigenvalue weighted by Crippen LogP contribution is 2.22. The zero-order valence-corrected chi connectivity index (χ0v) is 11.5. The van der Waals surface area contributed by atoms with Crippen molar-refractivity contribution in [3.05, 3.63) is 59.2 Å². The van der Waals surface area contributed by atoms with Crippen LogP contribution in [0.4, 0.5) is 5.69 Å². The molecule has 1 amide bonds. The van der Waals surface area contributed by atoms with Crippen molar-refractivity contribution < 1.29 is 19.8 Å². The first-order valence-corrected chi connectivity index (χ1v) is 6.48. The number of carboxylic acids is 1. The number of aromatic hydroxyl groups is 1. The average molecular weight is 285 g/mol. The highest BCUT2D eigenvalue weighted by Gasteiger charge is 2.15. The Morgan fingerprint density at radius 1 is 1.10 bits per heavy atom. The Morgan fingerprint density at radius 3 is 2.48 bits per heavy atom. The molecule has 21 heavy (non-hydrogen) atoms. The maximum absolute atomic E-state index is 12.3. The molecule has 108 valence electrons. The van der Waals surface area contributed by atoms with Gasteiger partial charge in [-0.25, -0.2) is 4.79 Å². The Labute approximate surface area is 121 Å². The molecule has 0 aromatic heterocycles. The molecule has 2 aromatic carbocycles. The van der Waals surface area contributed by atoms with Gasteiger partial charge in [-0.1, -0.05) is 25.1 Å². The standard InChI is InChI=1S/C16H15NO4/c1-2-10-5-3-4-6-12(10)15(19)17-14-8-7-11(18)9-13(14)16(20)21/h3-9,18H,2H2,1H3,(H,17,19)(H,20,21). The quantitative estimate of drug-likeness (QED) is 0.754. The highest BCUT2D eigenvalue weighted by atomic mass is 16.4. The van der Waals surface area contributed by atoms with Crippen LogP contribution in [0.15, 0.2) is 42.5 Å². The van der Waals surface area contributed by atoms with Crippen molar-refractivity contribution >= 4 is 17.6 Å². The van der Waals surface area contributed by atoms with Gasteiger partial charge in [0.25, 0.3) is 5.91 Å². The molecule has 0 aliphatic rings. The van der Waals surface area contributed by atoms with Gasteiger partial charge in [0.1, 0.15) is 5.75 Å². The predicted molar refractivity (Wildman–Crippen MR) is 78.8 cm³/mol. The maximum Gasteiger partial charge on any atom is 0.337 e. The van der Waals surface area contributed by atoms with Crippen LogP contribution in [0.2, 0.25) is 0 Å². The normalized spacial score (nSPS) is 10.1. The van der Waals surface area contributed by atoms with Crippen molar-refractivity contribution in [3.63, 3.8) is 0 Å². The number of phenolic OH excluding ortho intramolecular Hbond substituents is 1. The Hall–Kier alpha value is -2.82. The number of phenols is 1. The Morgan fingerprint density at radius 2 is 1.81 bits per heavy atom. The van der Waals surface area contributed by atoms with Gasteiger partial charge in [0.05, 0.1) is 11.3 Å². The van der Waals surface area contributed by atoms with Crippen LogP contribution in [0.3, 0.4) is 0 Å². The van der Waals surface area contributed by atoms with E-state index in [4.69, 9.17) is 5.11 Å². The molecule has 0 fully saturated rings. The number of aryl methyl sites for hydroxylation is 1. The molecule has 2 aromatic rings. The number of amides is 1. The number of carbonyl (C=O) groups is 2. The summed E-state index contributed by atoms with van der Waals surface area (Å²) < 4.78 is 0. The lowest BCUT2D eigenvalue weighted by Gasteiger charge is -2.11. The van der Waals surface area contributed by atoms with Gasteiger partial charge in [0.2, 0.25) is 0 Å². The van der Waals surface area contributed by atoms with Gasteiger partial charge in [-0.2, -0.15) is 0 Å². The van der Waals surface area contributed by atoms with Crippen molar-refractivity contribution in [1.82, 2.24) is 0 Å². The minimum atomic E-state index is -1.22. The minimum absolute atomic E-state index is 0.149. The number of hydrogen-bond donors (Lipinski definition) is 3. The van der Waals surface area contributed by atoms with Crippen molar-refractivity contribution in [1.29, 1.82) is 0 Å². The van der Waals surface area contributed by atoms with Gasteiger partial charge < -0.3 is 15.5 Å². The molecule has 0 bridgehead atoms. The summed E-state index contributed by atoms with van der Waals surface area (Å²) in [6.45, 7) is 1.94. The highest BCUT2D eigenvalue weighted by molar-refractivity contribution is 6.08.